The highest BCUT2D eigenvalue weighted by atomic mass is 16.5. The van der Waals surface area contributed by atoms with Crippen LogP contribution in [0.4, 0.5) is 0 Å². The van der Waals surface area contributed by atoms with Crippen molar-refractivity contribution in [1.82, 2.24) is 5.32 Å². The maximum Gasteiger partial charge on any atom is 0.118 e. The highest BCUT2D eigenvalue weighted by molar-refractivity contribution is 5.28. The Balaban J connectivity index is 1.58. The minimum Gasteiger partial charge on any atom is -0.497 e. The lowest BCUT2D eigenvalue weighted by molar-refractivity contribution is -0.136. The van der Waals surface area contributed by atoms with E-state index < -0.39 is 0 Å². The number of benzene rings is 1. The fraction of sp³-hybridized carbons (Fsp3) is 0.647. The van der Waals surface area contributed by atoms with Gasteiger partial charge in [-0.05, 0) is 56.7 Å². The van der Waals surface area contributed by atoms with Gasteiger partial charge in [-0.25, -0.2) is 0 Å². The van der Waals surface area contributed by atoms with E-state index in [1.54, 1.807) is 7.11 Å². The molecule has 1 aromatic rings. The molecule has 0 radical (unpaired) electrons. The van der Waals surface area contributed by atoms with Gasteiger partial charge in [-0.3, -0.25) is 0 Å². The molecule has 1 aliphatic heterocycles. The summed E-state index contributed by atoms with van der Waals surface area (Å²) in [4.78, 5) is 0. The number of nitrogens with one attached hydrogen (secondary N) is 1. The molecule has 1 unspecified atom stereocenters. The molecule has 2 aliphatic rings. The van der Waals surface area contributed by atoms with E-state index in [1.807, 2.05) is 12.1 Å². The van der Waals surface area contributed by atoms with Crippen LogP contribution in [0.3, 0.4) is 0 Å². The van der Waals surface area contributed by atoms with Crippen molar-refractivity contribution in [3.05, 3.63) is 29.8 Å². The molecular formula is C17H25NO2. The molecule has 2 fully saturated rings. The van der Waals surface area contributed by atoms with Gasteiger partial charge >= 0.3 is 0 Å². The average molecular weight is 275 g/mol. The first-order valence-electron chi connectivity index (χ1n) is 7.75. The van der Waals surface area contributed by atoms with Crippen molar-refractivity contribution in [3.8, 4) is 5.75 Å². The molecule has 1 spiro atoms. The zero-order chi connectivity index (χ0) is 14.0. The lowest BCUT2D eigenvalue weighted by Crippen LogP contribution is -2.51. The molecule has 20 heavy (non-hydrogen) atoms. The van der Waals surface area contributed by atoms with Crippen LogP contribution in [0, 0.1) is 0 Å². The number of hydrogen-bond acceptors (Lipinski definition) is 3. The molecule has 110 valence electrons. The minimum absolute atomic E-state index is 0.218. The number of methoxy groups -OCH3 is 1. The van der Waals surface area contributed by atoms with E-state index in [-0.39, 0.29) is 5.60 Å². The molecule has 0 amide bonds. The van der Waals surface area contributed by atoms with Gasteiger partial charge in [-0.1, -0.05) is 12.1 Å². The second-order valence-corrected chi connectivity index (χ2v) is 6.24. The molecule has 3 heteroatoms. The van der Waals surface area contributed by atoms with E-state index >= 15 is 0 Å². The first-order valence-corrected chi connectivity index (χ1v) is 7.75. The first-order chi connectivity index (χ1) is 9.71. The Morgan fingerprint density at radius 2 is 2.05 bits per heavy atom. The standard InChI is InChI=1S/C17H25NO2/c1-13(14-4-6-16(19-2)7-5-14)18-15-8-11-20-17(12-15)9-3-10-17/h4-7,13,15,18H,3,8-12H2,1-2H3/t13-,15?/m1/s1. The SMILES string of the molecule is COc1ccc([C@@H](C)NC2CCOC3(CCC3)C2)cc1. The number of hydrogen-bond donors (Lipinski definition) is 1. The molecule has 1 N–H and O–H groups in total. The van der Waals surface area contributed by atoms with Gasteiger partial charge in [0, 0.05) is 18.7 Å². The maximum absolute atomic E-state index is 5.99. The molecule has 0 bridgehead atoms. The van der Waals surface area contributed by atoms with E-state index in [0.717, 1.165) is 18.8 Å². The molecular weight excluding hydrogens is 250 g/mol. The summed E-state index contributed by atoms with van der Waals surface area (Å²) in [6.45, 7) is 3.15. The lowest BCUT2D eigenvalue weighted by atomic mass is 9.74. The summed E-state index contributed by atoms with van der Waals surface area (Å²) in [7, 11) is 1.71. The van der Waals surface area contributed by atoms with Crippen molar-refractivity contribution in [3.63, 3.8) is 0 Å². The molecule has 1 saturated heterocycles. The van der Waals surface area contributed by atoms with Gasteiger partial charge in [0.05, 0.1) is 12.7 Å². The zero-order valence-corrected chi connectivity index (χ0v) is 12.5. The zero-order valence-electron chi connectivity index (χ0n) is 12.5. The predicted octanol–water partition coefficient (Wildman–Crippen LogP) is 3.45. The fourth-order valence-corrected chi connectivity index (χ4v) is 3.43. The van der Waals surface area contributed by atoms with Gasteiger partial charge < -0.3 is 14.8 Å². The Hall–Kier alpha value is -1.06. The van der Waals surface area contributed by atoms with E-state index in [4.69, 9.17) is 9.47 Å². The molecule has 2 atom stereocenters. The Kier molecular flexibility index (Phi) is 3.99. The van der Waals surface area contributed by atoms with Crippen LogP contribution >= 0.6 is 0 Å². The summed E-state index contributed by atoms with van der Waals surface area (Å²) in [5.74, 6) is 0.917. The summed E-state index contributed by atoms with van der Waals surface area (Å²) in [5.41, 5.74) is 1.54. The quantitative estimate of drug-likeness (QED) is 0.913. The van der Waals surface area contributed by atoms with Gasteiger partial charge in [0.25, 0.3) is 0 Å². The van der Waals surface area contributed by atoms with Gasteiger partial charge in [0.15, 0.2) is 0 Å². The van der Waals surface area contributed by atoms with Crippen molar-refractivity contribution in [1.29, 1.82) is 0 Å². The van der Waals surface area contributed by atoms with Crippen molar-refractivity contribution >= 4 is 0 Å². The Morgan fingerprint density at radius 3 is 2.65 bits per heavy atom. The van der Waals surface area contributed by atoms with E-state index in [0.29, 0.717) is 12.1 Å². The fourth-order valence-electron chi connectivity index (χ4n) is 3.43. The van der Waals surface area contributed by atoms with Crippen molar-refractivity contribution in [2.24, 2.45) is 0 Å². The molecule has 0 aromatic heterocycles. The molecule has 1 aliphatic carbocycles. The van der Waals surface area contributed by atoms with E-state index in [9.17, 15) is 0 Å². The summed E-state index contributed by atoms with van der Waals surface area (Å²) in [6, 6.07) is 9.32. The molecule has 3 rings (SSSR count). The van der Waals surface area contributed by atoms with Crippen molar-refractivity contribution in [2.45, 2.75) is 56.7 Å². The first kappa shape index (κ1) is 13.9. The normalized spacial score (nSPS) is 26.0. The third kappa shape index (κ3) is 2.84. The van der Waals surface area contributed by atoms with Crippen LogP contribution in [0.1, 0.15) is 50.6 Å². The van der Waals surface area contributed by atoms with Gasteiger partial charge in [0.1, 0.15) is 5.75 Å². The van der Waals surface area contributed by atoms with Crippen LogP contribution in [-0.2, 0) is 4.74 Å². The van der Waals surface area contributed by atoms with Gasteiger partial charge in [-0.2, -0.15) is 0 Å². The Labute approximate surface area is 121 Å². The van der Waals surface area contributed by atoms with E-state index in [1.165, 1.54) is 31.2 Å². The van der Waals surface area contributed by atoms with Gasteiger partial charge in [-0.15, -0.1) is 0 Å². The highest BCUT2D eigenvalue weighted by Gasteiger charge is 2.42. The predicted molar refractivity (Wildman–Crippen MR) is 80.1 cm³/mol. The second kappa shape index (κ2) is 5.74. The topological polar surface area (TPSA) is 30.5 Å². The third-order valence-corrected chi connectivity index (χ3v) is 4.86. The van der Waals surface area contributed by atoms with Gasteiger partial charge in [0.2, 0.25) is 0 Å². The largest absolute Gasteiger partial charge is 0.497 e. The Bertz CT molecular complexity index is 439. The van der Waals surface area contributed by atoms with Crippen molar-refractivity contribution in [2.75, 3.05) is 13.7 Å². The highest BCUT2D eigenvalue weighted by Crippen LogP contribution is 2.42. The Morgan fingerprint density at radius 1 is 1.30 bits per heavy atom. The van der Waals surface area contributed by atoms with Crippen LogP contribution in [0.5, 0.6) is 5.75 Å². The summed E-state index contributed by atoms with van der Waals surface area (Å²) >= 11 is 0. The monoisotopic (exact) mass is 275 g/mol. The van der Waals surface area contributed by atoms with Crippen LogP contribution in [-0.4, -0.2) is 25.4 Å². The third-order valence-electron chi connectivity index (χ3n) is 4.86. The molecule has 1 aromatic carbocycles. The average Bonchev–Trinajstić information content (AvgIpc) is 2.46. The smallest absolute Gasteiger partial charge is 0.118 e. The molecule has 3 nitrogen and oxygen atoms in total. The van der Waals surface area contributed by atoms with Crippen LogP contribution in [0.15, 0.2) is 24.3 Å². The van der Waals surface area contributed by atoms with Crippen LogP contribution < -0.4 is 10.1 Å². The molecule has 1 saturated carbocycles. The summed E-state index contributed by atoms with van der Waals surface area (Å²) < 4.78 is 11.2. The van der Waals surface area contributed by atoms with Crippen molar-refractivity contribution < 1.29 is 9.47 Å². The lowest BCUT2D eigenvalue weighted by Gasteiger charge is -2.47. The summed E-state index contributed by atoms with van der Waals surface area (Å²) in [5, 5.41) is 3.78. The summed E-state index contributed by atoms with van der Waals surface area (Å²) in [6.07, 6.45) is 6.14. The van der Waals surface area contributed by atoms with Crippen LogP contribution in [0.2, 0.25) is 0 Å². The minimum atomic E-state index is 0.218. The number of rotatable bonds is 4. The maximum atomic E-state index is 5.99. The number of ether oxygens (including phenoxy) is 2. The van der Waals surface area contributed by atoms with Crippen LogP contribution in [0.25, 0.3) is 0 Å². The second-order valence-electron chi connectivity index (χ2n) is 6.24. The van der Waals surface area contributed by atoms with E-state index in [2.05, 4.69) is 24.4 Å². The molecule has 1 heterocycles.